The first-order valence-electron chi connectivity index (χ1n) is 10.3. The van der Waals surface area contributed by atoms with Gasteiger partial charge in [-0.2, -0.15) is 0 Å². The Bertz CT molecular complexity index is 787. The molecule has 1 aromatic heterocycles. The number of aromatic nitrogens is 1. The Hall–Kier alpha value is -2.47. The molecule has 0 spiro atoms. The summed E-state index contributed by atoms with van der Waals surface area (Å²) in [4.78, 5) is 28.4. The van der Waals surface area contributed by atoms with Gasteiger partial charge in [0.05, 0.1) is 17.8 Å². The lowest BCUT2D eigenvalue weighted by atomic mass is 9.90. The molecular formula is C23H29NO5. The molecule has 5 atom stereocenters. The summed E-state index contributed by atoms with van der Waals surface area (Å²) in [7, 11) is 0. The second-order valence-electron chi connectivity index (χ2n) is 8.03. The third kappa shape index (κ3) is 6.00. The fourth-order valence-corrected chi connectivity index (χ4v) is 4.06. The molecule has 1 aromatic rings. The van der Waals surface area contributed by atoms with E-state index >= 15 is 0 Å². The second-order valence-corrected chi connectivity index (χ2v) is 8.03. The van der Waals surface area contributed by atoms with E-state index in [1.807, 2.05) is 13.8 Å². The van der Waals surface area contributed by atoms with Gasteiger partial charge in [-0.05, 0) is 75.5 Å². The van der Waals surface area contributed by atoms with Crippen LogP contribution in [0.4, 0.5) is 0 Å². The summed E-state index contributed by atoms with van der Waals surface area (Å²) in [6.07, 6.45) is 12.8. The van der Waals surface area contributed by atoms with Crippen molar-refractivity contribution in [2.75, 3.05) is 0 Å². The predicted molar refractivity (Wildman–Crippen MR) is 108 cm³/mol. The normalized spacial score (nSPS) is 32.7. The van der Waals surface area contributed by atoms with Crippen molar-refractivity contribution in [2.24, 2.45) is 11.8 Å². The Morgan fingerprint density at radius 1 is 1.28 bits per heavy atom. The summed E-state index contributed by atoms with van der Waals surface area (Å²) < 4.78 is 11.0. The number of esters is 2. The highest BCUT2D eigenvalue weighted by molar-refractivity contribution is 5.89. The number of carbonyl (C=O) groups is 2. The Balaban J connectivity index is 1.70. The quantitative estimate of drug-likeness (QED) is 0.605. The van der Waals surface area contributed by atoms with Crippen LogP contribution in [0.25, 0.3) is 0 Å². The third-order valence-electron chi connectivity index (χ3n) is 5.55. The molecule has 29 heavy (non-hydrogen) atoms. The summed E-state index contributed by atoms with van der Waals surface area (Å²) in [6.45, 7) is 3.75. The average Bonchev–Trinajstić information content (AvgIpc) is 3.08. The molecule has 2 aliphatic rings. The van der Waals surface area contributed by atoms with Crippen LogP contribution in [0.1, 0.15) is 54.9 Å². The monoisotopic (exact) mass is 399 g/mol. The number of aryl methyl sites for hydroxylation is 1. The number of aliphatic hydroxyl groups is 1. The maximum Gasteiger partial charge on any atom is 0.339 e. The maximum atomic E-state index is 12.5. The minimum Gasteiger partial charge on any atom is -0.460 e. The Labute approximate surface area is 171 Å². The van der Waals surface area contributed by atoms with Gasteiger partial charge in [0.15, 0.2) is 0 Å². The molecule has 0 radical (unpaired) electrons. The standard InChI is InChI=1S/C23H29NO5/c1-15-10-18(14-24-13-15)23(27)29-19-11-17-7-5-3-4-6-16(2)28-22(26)9-8-21(25)20(17)12-19/h5,7-10,13-14,16-17,19-21,25H,3-4,6,11-12H2,1-2H3/b7-5+,9-8+/t16-,17+,19-,20+,21+/m0/s1. The highest BCUT2D eigenvalue weighted by Gasteiger charge is 2.38. The predicted octanol–water partition coefficient (Wildman–Crippen LogP) is 3.53. The average molecular weight is 399 g/mol. The molecule has 1 aliphatic heterocycles. The molecule has 3 rings (SSSR count). The van der Waals surface area contributed by atoms with Crippen molar-refractivity contribution in [2.45, 2.75) is 64.3 Å². The van der Waals surface area contributed by atoms with E-state index in [1.165, 1.54) is 18.3 Å². The zero-order chi connectivity index (χ0) is 20.8. The smallest absolute Gasteiger partial charge is 0.339 e. The van der Waals surface area contributed by atoms with Gasteiger partial charge in [-0.3, -0.25) is 4.98 Å². The van der Waals surface area contributed by atoms with Gasteiger partial charge in [-0.15, -0.1) is 0 Å². The third-order valence-corrected chi connectivity index (χ3v) is 5.55. The Morgan fingerprint density at radius 2 is 2.10 bits per heavy atom. The van der Waals surface area contributed by atoms with E-state index < -0.39 is 18.0 Å². The zero-order valence-electron chi connectivity index (χ0n) is 17.0. The van der Waals surface area contributed by atoms with Crippen LogP contribution in [0, 0.1) is 18.8 Å². The number of fused-ring (bicyclic) bond motifs is 1. The molecule has 156 valence electrons. The largest absolute Gasteiger partial charge is 0.460 e. The van der Waals surface area contributed by atoms with E-state index in [0.717, 1.165) is 24.8 Å². The van der Waals surface area contributed by atoms with Crippen molar-refractivity contribution in [1.29, 1.82) is 0 Å². The molecule has 1 saturated carbocycles. The summed E-state index contributed by atoms with van der Waals surface area (Å²) in [5.41, 5.74) is 1.33. The number of hydrogen-bond acceptors (Lipinski definition) is 6. The molecule has 6 nitrogen and oxygen atoms in total. The summed E-state index contributed by atoms with van der Waals surface area (Å²) in [5, 5.41) is 10.6. The van der Waals surface area contributed by atoms with Crippen LogP contribution in [0.2, 0.25) is 0 Å². The molecule has 2 heterocycles. The summed E-state index contributed by atoms with van der Waals surface area (Å²) in [5.74, 6) is -0.876. The van der Waals surface area contributed by atoms with Crippen molar-refractivity contribution in [3.63, 3.8) is 0 Å². The molecule has 1 N–H and O–H groups in total. The fraction of sp³-hybridized carbons (Fsp3) is 0.522. The number of nitrogens with zero attached hydrogens (tertiary/aromatic N) is 1. The summed E-state index contributed by atoms with van der Waals surface area (Å²) >= 11 is 0. The highest BCUT2D eigenvalue weighted by Crippen LogP contribution is 2.38. The van der Waals surface area contributed by atoms with Crippen LogP contribution in [0.3, 0.4) is 0 Å². The number of carbonyl (C=O) groups excluding carboxylic acids is 2. The highest BCUT2D eigenvalue weighted by atomic mass is 16.5. The van der Waals surface area contributed by atoms with Gasteiger partial charge in [0.25, 0.3) is 0 Å². The number of hydrogen-bond donors (Lipinski definition) is 1. The van der Waals surface area contributed by atoms with Gasteiger partial charge >= 0.3 is 11.9 Å². The van der Waals surface area contributed by atoms with Gasteiger partial charge in [0, 0.05) is 18.5 Å². The molecule has 0 unspecified atom stereocenters. The first kappa shape index (κ1) is 21.2. The van der Waals surface area contributed by atoms with Crippen LogP contribution >= 0.6 is 0 Å². The fourth-order valence-electron chi connectivity index (χ4n) is 4.06. The van der Waals surface area contributed by atoms with Crippen LogP contribution in [-0.4, -0.2) is 40.3 Å². The van der Waals surface area contributed by atoms with E-state index in [9.17, 15) is 14.7 Å². The SMILES string of the molecule is Cc1cncc(C(=O)O[C@@H]2C[C@H]3[C@H](O)/C=C/C(=O)O[C@@H](C)CCC/C=C/[C@@H]3C2)c1. The number of allylic oxidation sites excluding steroid dienone is 2. The molecule has 6 heteroatoms. The van der Waals surface area contributed by atoms with E-state index in [0.29, 0.717) is 18.4 Å². The van der Waals surface area contributed by atoms with Gasteiger partial charge in [0.2, 0.25) is 0 Å². The molecule has 0 saturated heterocycles. The number of rotatable bonds is 2. The van der Waals surface area contributed by atoms with Crippen LogP contribution in [-0.2, 0) is 14.3 Å². The number of cyclic esters (lactones) is 1. The number of aliphatic hydroxyl groups excluding tert-OH is 1. The number of pyridine rings is 1. The van der Waals surface area contributed by atoms with Crippen LogP contribution in [0.5, 0.6) is 0 Å². The van der Waals surface area contributed by atoms with Crippen molar-refractivity contribution >= 4 is 11.9 Å². The minimum absolute atomic E-state index is 0.0808. The van der Waals surface area contributed by atoms with E-state index in [1.54, 1.807) is 12.3 Å². The van der Waals surface area contributed by atoms with Crippen molar-refractivity contribution in [3.05, 3.63) is 53.9 Å². The lowest BCUT2D eigenvalue weighted by molar-refractivity contribution is -0.142. The maximum absolute atomic E-state index is 12.5. The topological polar surface area (TPSA) is 85.7 Å². The first-order chi connectivity index (χ1) is 13.9. The van der Waals surface area contributed by atoms with E-state index in [4.69, 9.17) is 9.47 Å². The molecular weight excluding hydrogens is 370 g/mol. The van der Waals surface area contributed by atoms with E-state index in [-0.39, 0.29) is 24.0 Å². The molecule has 0 bridgehead atoms. The lowest BCUT2D eigenvalue weighted by Gasteiger charge is -2.19. The Morgan fingerprint density at radius 3 is 2.90 bits per heavy atom. The summed E-state index contributed by atoms with van der Waals surface area (Å²) in [6, 6.07) is 1.75. The minimum atomic E-state index is -0.808. The van der Waals surface area contributed by atoms with Crippen LogP contribution < -0.4 is 0 Å². The van der Waals surface area contributed by atoms with Gasteiger partial charge in [-0.25, -0.2) is 9.59 Å². The molecule has 0 aromatic carbocycles. The molecule has 1 aliphatic carbocycles. The van der Waals surface area contributed by atoms with Gasteiger partial charge < -0.3 is 14.6 Å². The molecule has 1 fully saturated rings. The van der Waals surface area contributed by atoms with Crippen LogP contribution in [0.15, 0.2) is 42.8 Å². The van der Waals surface area contributed by atoms with Gasteiger partial charge in [-0.1, -0.05) is 12.2 Å². The van der Waals surface area contributed by atoms with E-state index in [2.05, 4.69) is 17.1 Å². The Kier molecular flexibility index (Phi) is 7.20. The zero-order valence-corrected chi connectivity index (χ0v) is 17.0. The second kappa shape index (κ2) is 9.83. The van der Waals surface area contributed by atoms with Gasteiger partial charge in [0.1, 0.15) is 6.10 Å². The van der Waals surface area contributed by atoms with Crippen molar-refractivity contribution in [3.8, 4) is 0 Å². The number of ether oxygens (including phenoxy) is 2. The molecule has 0 amide bonds. The first-order valence-corrected chi connectivity index (χ1v) is 10.3. The lowest BCUT2D eigenvalue weighted by Crippen LogP contribution is -2.22. The van der Waals surface area contributed by atoms with Crippen molar-refractivity contribution in [1.82, 2.24) is 4.98 Å². The van der Waals surface area contributed by atoms with Crippen molar-refractivity contribution < 1.29 is 24.2 Å².